The molecular weight excluding hydrogens is 304 g/mol. The van der Waals surface area contributed by atoms with Crippen molar-refractivity contribution in [2.45, 2.75) is 32.2 Å². The van der Waals surface area contributed by atoms with Crippen LogP contribution in [0.3, 0.4) is 0 Å². The Morgan fingerprint density at radius 1 is 1.39 bits per heavy atom. The summed E-state index contributed by atoms with van der Waals surface area (Å²) in [5.41, 5.74) is 1.28. The highest BCUT2D eigenvalue weighted by Gasteiger charge is 2.30. The van der Waals surface area contributed by atoms with Gasteiger partial charge in [-0.2, -0.15) is 11.8 Å². The number of thioether (sulfide) groups is 1. The van der Waals surface area contributed by atoms with Gasteiger partial charge in [-0.25, -0.2) is 0 Å². The van der Waals surface area contributed by atoms with Gasteiger partial charge in [0.1, 0.15) is 0 Å². The summed E-state index contributed by atoms with van der Waals surface area (Å²) in [4.78, 5) is 15.1. The molecule has 0 bridgehead atoms. The van der Waals surface area contributed by atoms with Gasteiger partial charge in [-0.05, 0) is 43.3 Å². The lowest BCUT2D eigenvalue weighted by molar-refractivity contribution is -0.134. The van der Waals surface area contributed by atoms with Gasteiger partial charge in [0.2, 0.25) is 5.91 Å². The third-order valence-corrected chi connectivity index (χ3v) is 6.29. The molecule has 1 aromatic rings. The van der Waals surface area contributed by atoms with E-state index in [1.165, 1.54) is 18.4 Å². The van der Waals surface area contributed by atoms with E-state index in [-0.39, 0.29) is 6.04 Å². The van der Waals surface area contributed by atoms with Crippen molar-refractivity contribution in [1.82, 2.24) is 10.2 Å². The summed E-state index contributed by atoms with van der Waals surface area (Å²) < 4.78 is 0. The highest BCUT2D eigenvalue weighted by atomic mass is 32.2. The lowest BCUT2D eigenvalue weighted by Gasteiger charge is -2.37. The van der Waals surface area contributed by atoms with Crippen LogP contribution in [-0.2, 0) is 4.79 Å². The van der Waals surface area contributed by atoms with E-state index in [1.807, 2.05) is 17.8 Å². The standard InChI is InChI=1S/C19H28N2OS/c1-15(17-8-5-9-20-13-17)12-19(22)21-10-11-23-14-18(21)16-6-3-2-4-7-16/h2-4,6-7,15,17-18,20H,5,8-14H2,1H3. The van der Waals surface area contributed by atoms with Gasteiger partial charge in [0.15, 0.2) is 0 Å². The Hall–Kier alpha value is -1.00. The van der Waals surface area contributed by atoms with Gasteiger partial charge in [0.05, 0.1) is 6.04 Å². The molecule has 0 spiro atoms. The molecule has 0 saturated carbocycles. The maximum Gasteiger partial charge on any atom is 0.223 e. The second-order valence-corrected chi connectivity index (χ2v) is 8.03. The van der Waals surface area contributed by atoms with Crippen molar-refractivity contribution in [3.8, 4) is 0 Å². The third-order valence-electron chi connectivity index (χ3n) is 5.27. The Kier molecular flexibility index (Phi) is 6.01. The van der Waals surface area contributed by atoms with E-state index in [1.54, 1.807) is 0 Å². The number of piperidine rings is 1. The van der Waals surface area contributed by atoms with Crippen molar-refractivity contribution >= 4 is 17.7 Å². The van der Waals surface area contributed by atoms with E-state index in [9.17, 15) is 4.79 Å². The minimum Gasteiger partial charge on any atom is -0.334 e. The van der Waals surface area contributed by atoms with Crippen LogP contribution in [0, 0.1) is 11.8 Å². The van der Waals surface area contributed by atoms with Crippen LogP contribution < -0.4 is 5.32 Å². The average molecular weight is 333 g/mol. The Bertz CT molecular complexity index is 501. The zero-order valence-electron chi connectivity index (χ0n) is 14.0. The Balaban J connectivity index is 1.64. The van der Waals surface area contributed by atoms with Crippen LogP contribution in [0.15, 0.2) is 30.3 Å². The summed E-state index contributed by atoms with van der Waals surface area (Å²) in [6.45, 7) is 5.35. The van der Waals surface area contributed by atoms with Crippen LogP contribution in [0.1, 0.15) is 37.8 Å². The predicted molar refractivity (Wildman–Crippen MR) is 97.6 cm³/mol. The van der Waals surface area contributed by atoms with Crippen LogP contribution >= 0.6 is 11.8 Å². The van der Waals surface area contributed by atoms with Crippen molar-refractivity contribution in [3.63, 3.8) is 0 Å². The second-order valence-electron chi connectivity index (χ2n) is 6.88. The fourth-order valence-corrected chi connectivity index (χ4v) is 4.87. The average Bonchev–Trinajstić information content (AvgIpc) is 2.63. The Morgan fingerprint density at radius 3 is 2.96 bits per heavy atom. The van der Waals surface area contributed by atoms with E-state index >= 15 is 0 Å². The number of amides is 1. The zero-order valence-corrected chi connectivity index (χ0v) is 14.9. The molecule has 0 aromatic heterocycles. The summed E-state index contributed by atoms with van der Waals surface area (Å²) in [7, 11) is 0. The molecule has 2 aliphatic rings. The first-order chi connectivity index (χ1) is 11.3. The SMILES string of the molecule is CC(CC(=O)N1CCSCC1c1ccccc1)C1CCCNC1. The molecule has 0 aliphatic carbocycles. The topological polar surface area (TPSA) is 32.3 Å². The van der Waals surface area contributed by atoms with Crippen LogP contribution in [0.4, 0.5) is 0 Å². The monoisotopic (exact) mass is 332 g/mol. The molecule has 2 saturated heterocycles. The molecule has 1 amide bonds. The van der Waals surface area contributed by atoms with Gasteiger partial charge in [-0.15, -0.1) is 0 Å². The number of carbonyl (C=O) groups excluding carboxylic acids is 1. The first-order valence-corrected chi connectivity index (χ1v) is 10.0. The van der Waals surface area contributed by atoms with E-state index < -0.39 is 0 Å². The molecule has 2 fully saturated rings. The third kappa shape index (κ3) is 4.30. The second kappa shape index (κ2) is 8.20. The highest BCUT2D eigenvalue weighted by Crippen LogP contribution is 2.31. The minimum atomic E-state index is 0.249. The molecule has 4 heteroatoms. The maximum absolute atomic E-state index is 12.9. The minimum absolute atomic E-state index is 0.249. The first kappa shape index (κ1) is 16.8. The van der Waals surface area contributed by atoms with Crippen molar-refractivity contribution < 1.29 is 4.79 Å². The fraction of sp³-hybridized carbons (Fsp3) is 0.632. The molecule has 3 unspecified atom stereocenters. The number of hydrogen-bond donors (Lipinski definition) is 1. The Morgan fingerprint density at radius 2 is 2.22 bits per heavy atom. The first-order valence-electron chi connectivity index (χ1n) is 8.88. The predicted octanol–water partition coefficient (Wildman–Crippen LogP) is 3.33. The van der Waals surface area contributed by atoms with Crippen molar-refractivity contribution in [2.24, 2.45) is 11.8 Å². The summed E-state index contributed by atoms with van der Waals surface area (Å²) in [6.07, 6.45) is 3.20. The van der Waals surface area contributed by atoms with Crippen LogP contribution in [-0.4, -0.2) is 41.9 Å². The molecular formula is C19H28N2OS. The molecule has 1 aromatic carbocycles. The van der Waals surface area contributed by atoms with Crippen LogP contribution in [0.2, 0.25) is 0 Å². The number of carbonyl (C=O) groups is 1. The summed E-state index contributed by atoms with van der Waals surface area (Å²) >= 11 is 1.96. The molecule has 2 heterocycles. The molecule has 3 atom stereocenters. The van der Waals surface area contributed by atoms with E-state index in [4.69, 9.17) is 0 Å². The molecule has 23 heavy (non-hydrogen) atoms. The van der Waals surface area contributed by atoms with Gasteiger partial charge < -0.3 is 10.2 Å². The van der Waals surface area contributed by atoms with Crippen LogP contribution in [0.5, 0.6) is 0 Å². The summed E-state index contributed by atoms with van der Waals surface area (Å²) in [5.74, 6) is 3.56. The molecule has 2 aliphatic heterocycles. The number of nitrogens with zero attached hydrogens (tertiary/aromatic N) is 1. The number of nitrogens with one attached hydrogen (secondary N) is 1. The molecule has 0 radical (unpaired) electrons. The zero-order chi connectivity index (χ0) is 16.1. The van der Waals surface area contributed by atoms with Crippen molar-refractivity contribution in [2.75, 3.05) is 31.1 Å². The number of benzene rings is 1. The summed E-state index contributed by atoms with van der Waals surface area (Å²) in [5, 5.41) is 3.47. The quantitative estimate of drug-likeness (QED) is 0.918. The van der Waals surface area contributed by atoms with E-state index in [0.717, 1.165) is 31.1 Å². The van der Waals surface area contributed by atoms with Crippen molar-refractivity contribution in [3.05, 3.63) is 35.9 Å². The van der Waals surface area contributed by atoms with E-state index in [0.29, 0.717) is 24.2 Å². The molecule has 126 valence electrons. The van der Waals surface area contributed by atoms with Gasteiger partial charge in [0.25, 0.3) is 0 Å². The maximum atomic E-state index is 12.9. The molecule has 3 rings (SSSR count). The van der Waals surface area contributed by atoms with Gasteiger partial charge >= 0.3 is 0 Å². The summed E-state index contributed by atoms with van der Waals surface area (Å²) in [6, 6.07) is 10.8. The lowest BCUT2D eigenvalue weighted by Crippen LogP contribution is -2.42. The fourth-order valence-electron chi connectivity index (χ4n) is 3.78. The number of rotatable bonds is 4. The highest BCUT2D eigenvalue weighted by molar-refractivity contribution is 7.99. The van der Waals surface area contributed by atoms with Gasteiger partial charge in [0, 0.05) is 24.5 Å². The number of hydrogen-bond acceptors (Lipinski definition) is 3. The largest absolute Gasteiger partial charge is 0.334 e. The van der Waals surface area contributed by atoms with Gasteiger partial charge in [-0.3, -0.25) is 4.79 Å². The van der Waals surface area contributed by atoms with Crippen LogP contribution in [0.25, 0.3) is 0 Å². The lowest BCUT2D eigenvalue weighted by atomic mass is 9.85. The van der Waals surface area contributed by atoms with E-state index in [2.05, 4.69) is 41.4 Å². The molecule has 1 N–H and O–H groups in total. The van der Waals surface area contributed by atoms with Gasteiger partial charge in [-0.1, -0.05) is 37.3 Å². The smallest absolute Gasteiger partial charge is 0.223 e. The normalized spacial score (nSPS) is 26.7. The Labute approximate surface area is 144 Å². The molecule has 3 nitrogen and oxygen atoms in total. The van der Waals surface area contributed by atoms with Crippen molar-refractivity contribution in [1.29, 1.82) is 0 Å².